The molecule has 0 saturated heterocycles. The van der Waals surface area contributed by atoms with Crippen LogP contribution >= 0.6 is 34.8 Å². The summed E-state index contributed by atoms with van der Waals surface area (Å²) < 4.78 is 0. The first-order chi connectivity index (χ1) is 9.31. The third-order valence-electron chi connectivity index (χ3n) is 3.05. The van der Waals surface area contributed by atoms with Gasteiger partial charge in [0.15, 0.2) is 0 Å². The topological polar surface area (TPSA) is 15.3 Å². The van der Waals surface area contributed by atoms with Gasteiger partial charge in [0.2, 0.25) is 0 Å². The van der Waals surface area contributed by atoms with Crippen LogP contribution < -0.4 is 5.32 Å². The zero-order valence-corrected chi connectivity index (χ0v) is 14.8. The Morgan fingerprint density at radius 3 is 2.25 bits per heavy atom. The van der Waals surface area contributed by atoms with Gasteiger partial charge in [-0.3, -0.25) is 0 Å². The van der Waals surface area contributed by atoms with E-state index in [0.29, 0.717) is 33.6 Å². The smallest absolute Gasteiger partial charge is 0.0652 e. The molecular weight excluding hydrogens is 315 g/mol. The monoisotopic (exact) mass is 336 g/mol. The van der Waals surface area contributed by atoms with Gasteiger partial charge in [-0.15, -0.1) is 0 Å². The normalized spacial score (nSPS) is 13.2. The predicted octanol–water partition coefficient (Wildman–Crippen LogP) is 4.71. The Morgan fingerprint density at radius 2 is 1.70 bits per heavy atom. The molecule has 1 aromatic carbocycles. The van der Waals surface area contributed by atoms with Gasteiger partial charge >= 0.3 is 0 Å². The lowest BCUT2D eigenvalue weighted by atomic mass is 10.0. The number of halogens is 3. The Morgan fingerprint density at radius 1 is 1.10 bits per heavy atom. The molecule has 0 aliphatic rings. The highest BCUT2D eigenvalue weighted by Gasteiger charge is 2.15. The summed E-state index contributed by atoms with van der Waals surface area (Å²) in [5, 5.41) is 5.28. The number of rotatable bonds is 7. The number of nitrogens with one attached hydrogen (secondary N) is 1. The van der Waals surface area contributed by atoms with Crippen LogP contribution in [-0.2, 0) is 6.54 Å². The Bertz CT molecular complexity index is 423. The minimum absolute atomic E-state index is 0.399. The highest BCUT2D eigenvalue weighted by Crippen LogP contribution is 2.31. The summed E-state index contributed by atoms with van der Waals surface area (Å²) in [6.07, 6.45) is 1.11. The first-order valence-corrected chi connectivity index (χ1v) is 7.95. The van der Waals surface area contributed by atoms with Gasteiger partial charge in [-0.05, 0) is 38.6 Å². The fourth-order valence-electron chi connectivity index (χ4n) is 2.21. The van der Waals surface area contributed by atoms with E-state index in [4.69, 9.17) is 34.8 Å². The molecule has 0 saturated carbocycles. The zero-order valence-electron chi connectivity index (χ0n) is 12.5. The van der Waals surface area contributed by atoms with Gasteiger partial charge in [0, 0.05) is 29.7 Å². The van der Waals surface area contributed by atoms with Gasteiger partial charge in [-0.25, -0.2) is 0 Å². The van der Waals surface area contributed by atoms with E-state index in [0.717, 1.165) is 18.5 Å². The molecule has 0 spiro atoms. The van der Waals surface area contributed by atoms with Crippen LogP contribution in [0.3, 0.4) is 0 Å². The molecule has 0 aliphatic carbocycles. The van der Waals surface area contributed by atoms with Crippen LogP contribution in [0.1, 0.15) is 25.8 Å². The molecule has 5 heteroatoms. The zero-order chi connectivity index (χ0) is 15.3. The van der Waals surface area contributed by atoms with E-state index in [1.165, 1.54) is 0 Å². The van der Waals surface area contributed by atoms with Crippen molar-refractivity contribution in [3.8, 4) is 0 Å². The predicted molar refractivity (Wildman–Crippen MR) is 90.1 cm³/mol. The third kappa shape index (κ3) is 5.79. The van der Waals surface area contributed by atoms with Gasteiger partial charge in [-0.1, -0.05) is 48.7 Å². The van der Waals surface area contributed by atoms with Gasteiger partial charge in [0.1, 0.15) is 0 Å². The van der Waals surface area contributed by atoms with E-state index < -0.39 is 0 Å². The van der Waals surface area contributed by atoms with E-state index >= 15 is 0 Å². The van der Waals surface area contributed by atoms with Crippen molar-refractivity contribution in [3.05, 3.63) is 32.8 Å². The van der Waals surface area contributed by atoms with Crippen molar-refractivity contribution >= 4 is 34.8 Å². The van der Waals surface area contributed by atoms with E-state index in [-0.39, 0.29) is 0 Å². The Balaban J connectivity index is 2.74. The second-order valence-corrected chi connectivity index (χ2v) is 6.98. The summed E-state index contributed by atoms with van der Waals surface area (Å²) in [7, 11) is 4.16. The minimum atomic E-state index is 0.399. The van der Waals surface area contributed by atoms with Gasteiger partial charge in [0.05, 0.1) is 10.0 Å². The van der Waals surface area contributed by atoms with Crippen molar-refractivity contribution in [1.29, 1.82) is 0 Å². The molecule has 114 valence electrons. The van der Waals surface area contributed by atoms with E-state index in [9.17, 15) is 0 Å². The van der Waals surface area contributed by atoms with Crippen molar-refractivity contribution < 1.29 is 0 Å². The molecule has 20 heavy (non-hydrogen) atoms. The maximum Gasteiger partial charge on any atom is 0.0652 e. The molecule has 0 aromatic heterocycles. The first kappa shape index (κ1) is 18.1. The van der Waals surface area contributed by atoms with Crippen LogP contribution in [0.2, 0.25) is 15.1 Å². The van der Waals surface area contributed by atoms with Crippen LogP contribution in [0.15, 0.2) is 12.1 Å². The van der Waals surface area contributed by atoms with Crippen molar-refractivity contribution in [2.45, 2.75) is 32.9 Å². The fraction of sp³-hybridized carbons (Fsp3) is 0.600. The highest BCUT2D eigenvalue weighted by atomic mass is 35.5. The second-order valence-electron chi connectivity index (χ2n) is 5.79. The molecule has 0 amide bonds. The summed E-state index contributed by atoms with van der Waals surface area (Å²) in [6, 6.07) is 3.91. The maximum atomic E-state index is 6.23. The maximum absolute atomic E-state index is 6.23. The highest BCUT2D eigenvalue weighted by molar-refractivity contribution is 6.44. The second kappa shape index (κ2) is 8.45. The van der Waals surface area contributed by atoms with Crippen molar-refractivity contribution in [2.24, 2.45) is 5.92 Å². The molecule has 0 bridgehead atoms. The minimum Gasteiger partial charge on any atom is -0.309 e. The van der Waals surface area contributed by atoms with Crippen molar-refractivity contribution in [2.75, 3.05) is 20.6 Å². The molecule has 0 radical (unpaired) electrons. The summed E-state index contributed by atoms with van der Waals surface area (Å²) in [6.45, 7) is 6.06. The summed E-state index contributed by atoms with van der Waals surface area (Å²) in [5.74, 6) is 0.637. The lowest BCUT2D eigenvalue weighted by Crippen LogP contribution is -2.38. The average molecular weight is 338 g/mol. The summed E-state index contributed by atoms with van der Waals surface area (Å²) in [4.78, 5) is 2.18. The lowest BCUT2D eigenvalue weighted by molar-refractivity contribution is 0.305. The Labute approximate surface area is 137 Å². The molecule has 1 atom stereocenters. The number of likely N-dealkylation sites (N-methyl/N-ethyl adjacent to an activating group) is 1. The fourth-order valence-corrected chi connectivity index (χ4v) is 2.89. The Kier molecular flexibility index (Phi) is 7.63. The molecule has 0 fully saturated rings. The SMILES string of the molecule is CC(C)CC(CN(C)C)NCc1c(Cl)ccc(Cl)c1Cl. The van der Waals surface area contributed by atoms with E-state index in [2.05, 4.69) is 38.2 Å². The summed E-state index contributed by atoms with van der Waals surface area (Å²) in [5.41, 5.74) is 0.869. The largest absolute Gasteiger partial charge is 0.309 e. The van der Waals surface area contributed by atoms with Crippen LogP contribution in [0, 0.1) is 5.92 Å². The Hall–Kier alpha value is 0.01000. The average Bonchev–Trinajstić information content (AvgIpc) is 2.32. The quantitative estimate of drug-likeness (QED) is 0.725. The summed E-state index contributed by atoms with van der Waals surface area (Å²) >= 11 is 18.5. The third-order valence-corrected chi connectivity index (χ3v) is 4.25. The molecule has 0 heterocycles. The van der Waals surface area contributed by atoms with E-state index in [1.807, 2.05) is 0 Å². The number of hydrogen-bond acceptors (Lipinski definition) is 2. The van der Waals surface area contributed by atoms with E-state index in [1.54, 1.807) is 12.1 Å². The molecule has 2 nitrogen and oxygen atoms in total. The van der Waals surface area contributed by atoms with Gasteiger partial charge < -0.3 is 10.2 Å². The van der Waals surface area contributed by atoms with Crippen LogP contribution in [0.4, 0.5) is 0 Å². The molecule has 0 aliphatic heterocycles. The van der Waals surface area contributed by atoms with Crippen LogP contribution in [0.5, 0.6) is 0 Å². The van der Waals surface area contributed by atoms with Crippen LogP contribution in [-0.4, -0.2) is 31.6 Å². The number of benzene rings is 1. The van der Waals surface area contributed by atoms with Gasteiger partial charge in [-0.2, -0.15) is 0 Å². The first-order valence-electron chi connectivity index (χ1n) is 6.81. The molecular formula is C15H23Cl3N2. The van der Waals surface area contributed by atoms with Crippen LogP contribution in [0.25, 0.3) is 0 Å². The van der Waals surface area contributed by atoms with Crippen molar-refractivity contribution in [3.63, 3.8) is 0 Å². The number of nitrogens with zero attached hydrogens (tertiary/aromatic N) is 1. The molecule has 1 aromatic rings. The van der Waals surface area contributed by atoms with Crippen molar-refractivity contribution in [1.82, 2.24) is 10.2 Å². The van der Waals surface area contributed by atoms with Gasteiger partial charge in [0.25, 0.3) is 0 Å². The standard InChI is InChI=1S/C15H23Cl3N2/c1-10(2)7-11(9-20(3)4)19-8-12-13(16)5-6-14(17)15(12)18/h5-6,10-11,19H,7-9H2,1-4H3. The number of hydrogen-bond donors (Lipinski definition) is 1. The molecule has 1 N–H and O–H groups in total. The lowest BCUT2D eigenvalue weighted by Gasteiger charge is -2.24. The molecule has 1 unspecified atom stereocenters. The molecule has 1 rings (SSSR count).